The van der Waals surface area contributed by atoms with E-state index in [-0.39, 0.29) is 5.56 Å². The minimum atomic E-state index is -0.108. The molecule has 0 spiro atoms. The first-order chi connectivity index (χ1) is 11.2. The molecule has 4 rings (SSSR count). The molecule has 0 saturated heterocycles. The van der Waals surface area contributed by atoms with Gasteiger partial charge in [-0.25, -0.2) is 4.98 Å². The van der Waals surface area contributed by atoms with Crippen molar-refractivity contribution in [1.29, 1.82) is 0 Å². The smallest absolute Gasteiger partial charge is 0.259 e. The number of nitrogens with zero attached hydrogens (tertiary/aromatic N) is 1. The van der Waals surface area contributed by atoms with E-state index in [0.717, 1.165) is 25.3 Å². The van der Waals surface area contributed by atoms with E-state index in [0.29, 0.717) is 11.2 Å². The van der Waals surface area contributed by atoms with Gasteiger partial charge in [0.15, 0.2) is 0 Å². The van der Waals surface area contributed by atoms with Gasteiger partial charge in [0, 0.05) is 14.9 Å². The number of nitrogens with one attached hydrogen (secondary N) is 1. The molecule has 0 saturated carbocycles. The number of fused-ring (bicyclic) bond motifs is 1. The Bertz CT molecular complexity index is 1050. The molecule has 0 aliphatic carbocycles. The molecule has 23 heavy (non-hydrogen) atoms. The maximum Gasteiger partial charge on any atom is 0.259 e. The van der Waals surface area contributed by atoms with Gasteiger partial charge in [-0.15, -0.1) is 11.3 Å². The lowest BCUT2D eigenvalue weighted by molar-refractivity contribution is 1.19. The average molecular weight is 383 g/mol. The summed E-state index contributed by atoms with van der Waals surface area (Å²) in [5.74, 6) is 0.588. The van der Waals surface area contributed by atoms with Crippen molar-refractivity contribution < 1.29 is 0 Å². The number of aromatic nitrogens is 2. The van der Waals surface area contributed by atoms with E-state index < -0.39 is 0 Å². The van der Waals surface area contributed by atoms with Gasteiger partial charge in [-0.1, -0.05) is 58.4 Å². The molecule has 0 aliphatic rings. The van der Waals surface area contributed by atoms with E-state index in [4.69, 9.17) is 0 Å². The number of rotatable bonds is 2. The summed E-state index contributed by atoms with van der Waals surface area (Å²) in [7, 11) is 0. The highest BCUT2D eigenvalue weighted by Gasteiger charge is 2.11. The predicted octanol–water partition coefficient (Wildman–Crippen LogP) is 5.08. The molecule has 0 fully saturated rings. The van der Waals surface area contributed by atoms with Crippen LogP contribution in [-0.4, -0.2) is 9.97 Å². The topological polar surface area (TPSA) is 45.8 Å². The fourth-order valence-corrected chi connectivity index (χ4v) is 3.89. The number of thiophene rings is 1. The van der Waals surface area contributed by atoms with Crippen molar-refractivity contribution in [3.8, 4) is 21.8 Å². The van der Waals surface area contributed by atoms with Crippen LogP contribution in [0.2, 0.25) is 0 Å². The van der Waals surface area contributed by atoms with Crippen molar-refractivity contribution in [3.63, 3.8) is 0 Å². The van der Waals surface area contributed by atoms with Crippen LogP contribution in [-0.2, 0) is 0 Å². The minimum Gasteiger partial charge on any atom is -0.306 e. The summed E-state index contributed by atoms with van der Waals surface area (Å²) < 4.78 is 0.953. The molecular weight excluding hydrogens is 372 g/mol. The lowest BCUT2D eigenvalue weighted by Gasteiger charge is -2.01. The van der Waals surface area contributed by atoms with E-state index >= 15 is 0 Å². The average Bonchev–Trinajstić information content (AvgIpc) is 3.00. The van der Waals surface area contributed by atoms with E-state index in [1.807, 2.05) is 60.7 Å². The van der Waals surface area contributed by atoms with Crippen molar-refractivity contribution in [2.75, 3.05) is 0 Å². The highest BCUT2D eigenvalue weighted by atomic mass is 79.9. The van der Waals surface area contributed by atoms with E-state index in [1.165, 1.54) is 11.3 Å². The van der Waals surface area contributed by atoms with Crippen molar-refractivity contribution in [3.05, 3.63) is 75.5 Å². The van der Waals surface area contributed by atoms with Gasteiger partial charge in [0.05, 0.1) is 5.39 Å². The summed E-state index contributed by atoms with van der Waals surface area (Å²) in [6, 6.07) is 19.7. The van der Waals surface area contributed by atoms with Gasteiger partial charge >= 0.3 is 0 Å². The molecule has 2 heterocycles. The monoisotopic (exact) mass is 382 g/mol. The summed E-state index contributed by atoms with van der Waals surface area (Å²) in [5, 5.41) is 0.632. The highest BCUT2D eigenvalue weighted by Crippen LogP contribution is 2.31. The van der Waals surface area contributed by atoms with Crippen molar-refractivity contribution >= 4 is 37.5 Å². The van der Waals surface area contributed by atoms with E-state index in [9.17, 15) is 4.79 Å². The maximum atomic E-state index is 12.4. The van der Waals surface area contributed by atoms with Gasteiger partial charge in [-0.3, -0.25) is 4.79 Å². The van der Waals surface area contributed by atoms with Crippen LogP contribution >= 0.6 is 27.3 Å². The Morgan fingerprint density at radius 2 is 1.74 bits per heavy atom. The summed E-state index contributed by atoms with van der Waals surface area (Å²) >= 11 is 4.98. The van der Waals surface area contributed by atoms with Crippen LogP contribution in [0.4, 0.5) is 0 Å². The number of H-pyrrole nitrogens is 1. The summed E-state index contributed by atoms with van der Waals surface area (Å²) in [6.45, 7) is 0. The summed E-state index contributed by atoms with van der Waals surface area (Å²) in [4.78, 5) is 21.7. The van der Waals surface area contributed by atoms with Crippen molar-refractivity contribution in [2.45, 2.75) is 0 Å². The first kappa shape index (κ1) is 14.4. The Morgan fingerprint density at radius 1 is 0.957 bits per heavy atom. The second-order valence-corrected chi connectivity index (χ2v) is 7.07. The van der Waals surface area contributed by atoms with Crippen molar-refractivity contribution in [1.82, 2.24) is 9.97 Å². The van der Waals surface area contributed by atoms with Crippen LogP contribution in [0.15, 0.2) is 69.9 Å². The van der Waals surface area contributed by atoms with Gasteiger partial charge in [-0.05, 0) is 23.8 Å². The third kappa shape index (κ3) is 2.73. The fraction of sp³-hybridized carbons (Fsp3) is 0. The van der Waals surface area contributed by atoms with Crippen LogP contribution in [0.3, 0.4) is 0 Å². The SMILES string of the molecule is O=c1[nH]c(-c2cccc(Br)c2)nc2sc(-c3ccccc3)cc12. The molecule has 5 heteroatoms. The largest absolute Gasteiger partial charge is 0.306 e. The summed E-state index contributed by atoms with van der Waals surface area (Å²) in [5.41, 5.74) is 1.87. The molecule has 1 N–H and O–H groups in total. The second kappa shape index (κ2) is 5.76. The lowest BCUT2D eigenvalue weighted by atomic mass is 10.2. The Hall–Kier alpha value is -2.24. The molecule has 0 unspecified atom stereocenters. The zero-order chi connectivity index (χ0) is 15.8. The molecule has 0 aliphatic heterocycles. The Balaban J connectivity index is 1.89. The number of hydrogen-bond acceptors (Lipinski definition) is 3. The van der Waals surface area contributed by atoms with Gasteiger partial charge in [0.2, 0.25) is 0 Å². The Kier molecular flexibility index (Phi) is 3.59. The summed E-state index contributed by atoms with van der Waals surface area (Å²) in [6.07, 6.45) is 0. The van der Waals surface area contributed by atoms with E-state index in [2.05, 4.69) is 25.9 Å². The van der Waals surface area contributed by atoms with Crippen LogP contribution in [0.1, 0.15) is 0 Å². The first-order valence-electron chi connectivity index (χ1n) is 7.06. The van der Waals surface area contributed by atoms with Gasteiger partial charge in [0.1, 0.15) is 10.7 Å². The van der Waals surface area contributed by atoms with Crippen molar-refractivity contribution in [2.24, 2.45) is 0 Å². The molecule has 0 bridgehead atoms. The molecule has 2 aromatic carbocycles. The highest BCUT2D eigenvalue weighted by molar-refractivity contribution is 9.10. The third-order valence-electron chi connectivity index (χ3n) is 3.56. The molecule has 0 radical (unpaired) electrons. The molecular formula is C18H11BrN2OS. The van der Waals surface area contributed by atoms with Gasteiger partial charge in [0.25, 0.3) is 5.56 Å². The van der Waals surface area contributed by atoms with Gasteiger partial charge in [-0.2, -0.15) is 0 Å². The van der Waals surface area contributed by atoms with Crippen LogP contribution in [0.25, 0.3) is 32.0 Å². The number of halogens is 1. The maximum absolute atomic E-state index is 12.4. The first-order valence-corrected chi connectivity index (χ1v) is 8.67. The molecule has 2 aromatic heterocycles. The van der Waals surface area contributed by atoms with Crippen LogP contribution < -0.4 is 5.56 Å². The minimum absolute atomic E-state index is 0.108. The van der Waals surface area contributed by atoms with E-state index in [1.54, 1.807) is 0 Å². The quantitative estimate of drug-likeness (QED) is 0.525. The number of aromatic amines is 1. The molecule has 112 valence electrons. The lowest BCUT2D eigenvalue weighted by Crippen LogP contribution is -2.07. The normalized spacial score (nSPS) is 11.0. The zero-order valence-corrected chi connectivity index (χ0v) is 14.3. The fourth-order valence-electron chi connectivity index (χ4n) is 2.45. The van der Waals surface area contributed by atoms with Crippen LogP contribution in [0, 0.1) is 0 Å². The standard InChI is InChI=1S/C18H11BrN2OS/c19-13-8-4-7-12(9-13)16-20-17(22)14-10-15(23-18(14)21-16)11-5-2-1-3-6-11/h1-10H,(H,20,21,22). The van der Waals surface area contributed by atoms with Crippen LogP contribution in [0.5, 0.6) is 0 Å². The Labute approximate surface area is 144 Å². The molecule has 0 amide bonds. The molecule has 4 aromatic rings. The van der Waals surface area contributed by atoms with Gasteiger partial charge < -0.3 is 4.98 Å². The zero-order valence-electron chi connectivity index (χ0n) is 11.9. The molecule has 3 nitrogen and oxygen atoms in total. The Morgan fingerprint density at radius 3 is 2.52 bits per heavy atom. The third-order valence-corrected chi connectivity index (χ3v) is 5.13. The number of benzene rings is 2. The molecule has 0 atom stereocenters. The number of hydrogen-bond donors (Lipinski definition) is 1. The predicted molar refractivity (Wildman–Crippen MR) is 98.8 cm³/mol. The second-order valence-electron chi connectivity index (χ2n) is 5.12.